The van der Waals surface area contributed by atoms with Crippen LogP contribution in [0.3, 0.4) is 0 Å². The number of hydrogen-bond acceptors (Lipinski definition) is 3. The Morgan fingerprint density at radius 2 is 1.54 bits per heavy atom. The molecule has 138 valence electrons. The molecule has 1 fully saturated rings. The minimum absolute atomic E-state index is 0.180. The van der Waals surface area contributed by atoms with Crippen LogP contribution in [0, 0.1) is 6.92 Å². The first-order valence-corrected chi connectivity index (χ1v) is 9.55. The third-order valence-electron chi connectivity index (χ3n) is 5.46. The van der Waals surface area contributed by atoms with Gasteiger partial charge in [0.25, 0.3) is 0 Å². The highest BCUT2D eigenvalue weighted by Gasteiger charge is 2.45. The van der Waals surface area contributed by atoms with Gasteiger partial charge in [0.05, 0.1) is 6.20 Å². The maximum Gasteiger partial charge on any atom is 0.153 e. The van der Waals surface area contributed by atoms with Crippen LogP contribution in [-0.4, -0.2) is 14.8 Å². The lowest BCUT2D eigenvalue weighted by molar-refractivity contribution is 0.479. The zero-order valence-corrected chi connectivity index (χ0v) is 15.7. The van der Waals surface area contributed by atoms with Crippen LogP contribution >= 0.6 is 0 Å². The van der Waals surface area contributed by atoms with Crippen molar-refractivity contribution in [2.45, 2.75) is 25.2 Å². The molecule has 2 aromatic heterocycles. The van der Waals surface area contributed by atoms with Gasteiger partial charge in [-0.25, -0.2) is 9.67 Å². The van der Waals surface area contributed by atoms with E-state index in [1.165, 1.54) is 29.5 Å². The van der Waals surface area contributed by atoms with Crippen molar-refractivity contribution in [1.82, 2.24) is 14.8 Å². The van der Waals surface area contributed by atoms with Gasteiger partial charge < -0.3 is 4.74 Å². The van der Waals surface area contributed by atoms with E-state index in [4.69, 9.17) is 4.74 Å². The number of rotatable bonds is 5. The fourth-order valence-electron chi connectivity index (χ4n) is 3.69. The van der Waals surface area contributed by atoms with Crippen LogP contribution in [0.2, 0.25) is 0 Å². The van der Waals surface area contributed by atoms with E-state index >= 15 is 0 Å². The lowest BCUT2D eigenvalue weighted by Crippen LogP contribution is -2.08. The summed E-state index contributed by atoms with van der Waals surface area (Å²) in [5.41, 5.74) is 4.25. The zero-order valence-electron chi connectivity index (χ0n) is 15.7. The number of aromatic nitrogens is 3. The summed E-state index contributed by atoms with van der Waals surface area (Å²) in [6.45, 7) is 2.13. The van der Waals surface area contributed by atoms with E-state index in [9.17, 15) is 0 Å². The van der Waals surface area contributed by atoms with Crippen LogP contribution in [0.4, 0.5) is 0 Å². The van der Waals surface area contributed by atoms with Gasteiger partial charge in [-0.2, -0.15) is 5.10 Å². The van der Waals surface area contributed by atoms with E-state index in [-0.39, 0.29) is 5.41 Å². The van der Waals surface area contributed by atoms with Gasteiger partial charge in [-0.15, -0.1) is 0 Å². The molecule has 4 aromatic rings. The molecule has 1 aliphatic rings. The monoisotopic (exact) mass is 367 g/mol. The predicted molar refractivity (Wildman–Crippen MR) is 109 cm³/mol. The highest BCUT2D eigenvalue weighted by Crippen LogP contribution is 2.53. The van der Waals surface area contributed by atoms with Crippen molar-refractivity contribution in [1.29, 1.82) is 0 Å². The second-order valence-electron chi connectivity index (χ2n) is 7.38. The SMILES string of the molecule is Cc1ccc(C2(c3ccc(Oc4ccc(-n5cccn5)nc4)cc3)CC2)cc1. The predicted octanol–water partition coefficient (Wildman–Crippen LogP) is 5.45. The van der Waals surface area contributed by atoms with E-state index in [1.54, 1.807) is 17.1 Å². The molecule has 0 aliphatic heterocycles. The van der Waals surface area contributed by atoms with Crippen LogP contribution in [-0.2, 0) is 5.41 Å². The Hall–Kier alpha value is -3.40. The summed E-state index contributed by atoms with van der Waals surface area (Å²) in [7, 11) is 0. The Bertz CT molecular complexity index is 1060. The average Bonchev–Trinajstić information content (AvgIpc) is 3.35. The maximum atomic E-state index is 5.97. The van der Waals surface area contributed by atoms with Crippen LogP contribution in [0.25, 0.3) is 5.82 Å². The summed E-state index contributed by atoms with van der Waals surface area (Å²) in [6.07, 6.45) is 7.73. The van der Waals surface area contributed by atoms with E-state index < -0.39 is 0 Å². The normalized spacial score (nSPS) is 14.6. The maximum absolute atomic E-state index is 5.97. The third-order valence-corrected chi connectivity index (χ3v) is 5.46. The number of aryl methyl sites for hydroxylation is 1. The second kappa shape index (κ2) is 6.64. The topological polar surface area (TPSA) is 39.9 Å². The molecule has 1 saturated carbocycles. The molecule has 28 heavy (non-hydrogen) atoms. The van der Waals surface area contributed by atoms with Gasteiger partial charge in [0.15, 0.2) is 5.82 Å². The highest BCUT2D eigenvalue weighted by atomic mass is 16.5. The van der Waals surface area contributed by atoms with E-state index in [2.05, 4.69) is 53.4 Å². The van der Waals surface area contributed by atoms with Gasteiger partial charge in [-0.1, -0.05) is 42.0 Å². The van der Waals surface area contributed by atoms with Crippen LogP contribution in [0.15, 0.2) is 85.3 Å². The van der Waals surface area contributed by atoms with Gasteiger partial charge in [0, 0.05) is 17.8 Å². The summed E-state index contributed by atoms with van der Waals surface area (Å²) in [5, 5.41) is 4.18. The van der Waals surface area contributed by atoms with Crippen molar-refractivity contribution in [2.75, 3.05) is 0 Å². The fourth-order valence-corrected chi connectivity index (χ4v) is 3.69. The molecule has 0 N–H and O–H groups in total. The Kier molecular flexibility index (Phi) is 3.97. The molecule has 4 heteroatoms. The molecule has 2 heterocycles. The van der Waals surface area contributed by atoms with Crippen molar-refractivity contribution in [3.05, 3.63) is 102 Å². The molecule has 0 spiro atoms. The van der Waals surface area contributed by atoms with Crippen molar-refractivity contribution in [3.63, 3.8) is 0 Å². The Labute approximate surface area is 164 Å². The van der Waals surface area contributed by atoms with Crippen molar-refractivity contribution < 1.29 is 4.74 Å². The molecule has 0 bridgehead atoms. The zero-order chi connectivity index (χ0) is 19.0. The van der Waals surface area contributed by atoms with Crippen molar-refractivity contribution in [3.8, 4) is 17.3 Å². The average molecular weight is 367 g/mol. The van der Waals surface area contributed by atoms with E-state index in [0.29, 0.717) is 5.75 Å². The summed E-state index contributed by atoms with van der Waals surface area (Å²) in [5.74, 6) is 2.29. The number of nitrogens with zero attached hydrogens (tertiary/aromatic N) is 3. The third kappa shape index (κ3) is 3.07. The summed E-state index contributed by atoms with van der Waals surface area (Å²) >= 11 is 0. The van der Waals surface area contributed by atoms with Crippen LogP contribution in [0.1, 0.15) is 29.5 Å². The summed E-state index contributed by atoms with van der Waals surface area (Å²) in [4.78, 5) is 4.41. The fraction of sp³-hybridized carbons (Fsp3) is 0.167. The van der Waals surface area contributed by atoms with Crippen molar-refractivity contribution >= 4 is 0 Å². The molecule has 2 aromatic carbocycles. The molecule has 5 rings (SSSR count). The Balaban J connectivity index is 1.32. The molecule has 0 radical (unpaired) electrons. The molecule has 0 unspecified atom stereocenters. The highest BCUT2D eigenvalue weighted by molar-refractivity contribution is 5.47. The molecule has 0 atom stereocenters. The van der Waals surface area contributed by atoms with Gasteiger partial charge in [-0.05, 0) is 61.2 Å². The smallest absolute Gasteiger partial charge is 0.153 e. The van der Waals surface area contributed by atoms with Crippen LogP contribution in [0.5, 0.6) is 11.5 Å². The first-order chi connectivity index (χ1) is 13.7. The minimum Gasteiger partial charge on any atom is -0.456 e. The lowest BCUT2D eigenvalue weighted by atomic mass is 9.88. The van der Waals surface area contributed by atoms with Gasteiger partial charge in [-0.3, -0.25) is 0 Å². The lowest BCUT2D eigenvalue weighted by Gasteiger charge is -2.17. The quantitative estimate of drug-likeness (QED) is 0.471. The van der Waals surface area contributed by atoms with Crippen LogP contribution < -0.4 is 4.74 Å². The Morgan fingerprint density at radius 1 is 0.857 bits per heavy atom. The summed E-state index contributed by atoms with van der Waals surface area (Å²) < 4.78 is 7.69. The van der Waals surface area contributed by atoms with Crippen molar-refractivity contribution in [2.24, 2.45) is 0 Å². The molecule has 0 amide bonds. The minimum atomic E-state index is 0.180. The molecule has 1 aliphatic carbocycles. The second-order valence-corrected chi connectivity index (χ2v) is 7.38. The molecule has 0 saturated heterocycles. The Morgan fingerprint density at radius 3 is 2.11 bits per heavy atom. The molecule has 4 nitrogen and oxygen atoms in total. The summed E-state index contributed by atoms with van der Waals surface area (Å²) in [6, 6.07) is 23.1. The number of ether oxygens (including phenoxy) is 1. The number of pyridine rings is 1. The van der Waals surface area contributed by atoms with Gasteiger partial charge >= 0.3 is 0 Å². The largest absolute Gasteiger partial charge is 0.456 e. The van der Waals surface area contributed by atoms with E-state index in [1.807, 2.05) is 36.5 Å². The first-order valence-electron chi connectivity index (χ1n) is 9.55. The van der Waals surface area contributed by atoms with E-state index in [0.717, 1.165) is 11.6 Å². The van der Waals surface area contributed by atoms with Gasteiger partial charge in [0.1, 0.15) is 11.5 Å². The number of benzene rings is 2. The molecular formula is C24H21N3O. The number of hydrogen-bond donors (Lipinski definition) is 0. The first kappa shape index (κ1) is 16.8. The molecular weight excluding hydrogens is 346 g/mol. The standard InChI is InChI=1S/C24H21N3O/c1-18-3-5-19(6-4-18)24(13-14-24)20-7-9-21(10-8-20)28-22-11-12-23(25-17-22)27-16-2-15-26-27/h2-12,15-17H,13-14H2,1H3. The van der Waals surface area contributed by atoms with Gasteiger partial charge in [0.2, 0.25) is 0 Å².